The van der Waals surface area contributed by atoms with Gasteiger partial charge in [0.1, 0.15) is 12.1 Å². The molecule has 1 aromatic rings. The predicted octanol–water partition coefficient (Wildman–Crippen LogP) is 5.06. The molecule has 2 unspecified atom stereocenters. The van der Waals surface area contributed by atoms with Crippen LogP contribution in [0.5, 0.6) is 0 Å². The van der Waals surface area contributed by atoms with E-state index in [1.54, 1.807) is 0 Å². The summed E-state index contributed by atoms with van der Waals surface area (Å²) in [6.07, 6.45) is 4.28. The van der Waals surface area contributed by atoms with Crippen molar-refractivity contribution in [2.45, 2.75) is 52.4 Å². The maximum absolute atomic E-state index is 6.45. The second-order valence-electron chi connectivity index (χ2n) is 7.73. The van der Waals surface area contributed by atoms with Crippen LogP contribution in [0.15, 0.2) is 39.8 Å². The van der Waals surface area contributed by atoms with Crippen molar-refractivity contribution in [1.29, 1.82) is 0 Å². The quantitative estimate of drug-likeness (QED) is 0.635. The molecule has 0 amide bonds. The number of benzene rings is 1. The Kier molecular flexibility index (Phi) is 6.10. The number of aliphatic imine (C=N–C) groups is 1. The number of hydrogen-bond donors (Lipinski definition) is 0. The number of nitrogens with zero attached hydrogens (tertiary/aromatic N) is 1. The van der Waals surface area contributed by atoms with Crippen LogP contribution in [0.2, 0.25) is 13.1 Å². The van der Waals surface area contributed by atoms with E-state index >= 15 is 0 Å². The number of rotatable bonds is 5. The topological polar surface area (TPSA) is 30.8 Å². The van der Waals surface area contributed by atoms with E-state index in [1.807, 2.05) is 19.1 Å². The van der Waals surface area contributed by atoms with E-state index in [0.29, 0.717) is 6.61 Å². The average Bonchev–Trinajstić information content (AvgIpc) is 2.85. The van der Waals surface area contributed by atoms with Crippen molar-refractivity contribution in [3.05, 3.63) is 40.4 Å². The van der Waals surface area contributed by atoms with Gasteiger partial charge >= 0.3 is 0 Å². The molecule has 0 bridgehead atoms. The highest BCUT2D eigenvalue weighted by atomic mass is 79.9. The molecule has 0 N–H and O–H groups in total. The lowest BCUT2D eigenvalue weighted by Crippen LogP contribution is -2.51. The fourth-order valence-electron chi connectivity index (χ4n) is 3.04. The summed E-state index contributed by atoms with van der Waals surface area (Å²) >= 11 is 3.48. The number of ether oxygens (including phenoxy) is 1. The maximum atomic E-state index is 6.45. The van der Waals surface area contributed by atoms with E-state index in [2.05, 4.69) is 74.1 Å². The van der Waals surface area contributed by atoms with Crippen molar-refractivity contribution in [3.63, 3.8) is 0 Å². The molecule has 0 saturated carbocycles. The third-order valence-electron chi connectivity index (χ3n) is 3.96. The summed E-state index contributed by atoms with van der Waals surface area (Å²) in [5.41, 5.74) is 0.651. The van der Waals surface area contributed by atoms with Crippen LogP contribution >= 0.6 is 15.9 Å². The molecule has 3 nitrogen and oxygen atoms in total. The van der Waals surface area contributed by atoms with Crippen LogP contribution in [0, 0.1) is 5.41 Å². The lowest BCUT2D eigenvalue weighted by molar-refractivity contribution is 0.0260. The molecule has 5 heteroatoms. The van der Waals surface area contributed by atoms with Crippen LogP contribution < -0.4 is 0 Å². The largest absolute Gasteiger partial charge is 0.478 e. The highest BCUT2D eigenvalue weighted by molar-refractivity contribution is 9.10. The Hall–Kier alpha value is -0.913. The van der Waals surface area contributed by atoms with Gasteiger partial charge < -0.3 is 9.16 Å². The van der Waals surface area contributed by atoms with Gasteiger partial charge in [-0.05, 0) is 36.2 Å². The lowest BCUT2D eigenvalue weighted by atomic mass is 9.77. The minimum atomic E-state index is -1.22. The first-order valence-electron chi connectivity index (χ1n) is 8.42. The SMILES string of the molecule is CC1=NC(C=Cc2ccc(Br)cc2)(C(O[SiH](C)C)C(C)(C)C)CO1. The van der Waals surface area contributed by atoms with Gasteiger partial charge in [-0.25, -0.2) is 4.99 Å². The Morgan fingerprint density at radius 2 is 1.92 bits per heavy atom. The summed E-state index contributed by atoms with van der Waals surface area (Å²) < 4.78 is 13.3. The first-order valence-corrected chi connectivity index (χ1v) is 12.0. The Balaban J connectivity index is 2.40. The second kappa shape index (κ2) is 7.54. The number of hydrogen-bond acceptors (Lipinski definition) is 3. The summed E-state index contributed by atoms with van der Waals surface area (Å²) in [7, 11) is -1.22. The maximum Gasteiger partial charge on any atom is 0.181 e. The van der Waals surface area contributed by atoms with Gasteiger partial charge in [-0.1, -0.05) is 61.0 Å². The summed E-state index contributed by atoms with van der Waals surface area (Å²) in [5.74, 6) is 0.735. The Morgan fingerprint density at radius 1 is 1.29 bits per heavy atom. The van der Waals surface area contributed by atoms with Gasteiger partial charge in [-0.2, -0.15) is 0 Å². The molecule has 2 rings (SSSR count). The molecule has 2 atom stereocenters. The number of halogens is 1. The fraction of sp³-hybridized carbons (Fsp3) is 0.526. The summed E-state index contributed by atoms with van der Waals surface area (Å²) in [6.45, 7) is 13.5. The molecule has 1 heterocycles. The van der Waals surface area contributed by atoms with E-state index < -0.39 is 14.6 Å². The molecule has 0 aliphatic carbocycles. The fourth-order valence-corrected chi connectivity index (χ4v) is 4.50. The molecule has 0 aromatic heterocycles. The predicted molar refractivity (Wildman–Crippen MR) is 108 cm³/mol. The van der Waals surface area contributed by atoms with Crippen LogP contribution in [0.25, 0.3) is 6.08 Å². The van der Waals surface area contributed by atoms with Crippen molar-refractivity contribution < 1.29 is 9.16 Å². The smallest absolute Gasteiger partial charge is 0.181 e. The van der Waals surface area contributed by atoms with E-state index in [1.165, 1.54) is 0 Å². The minimum Gasteiger partial charge on any atom is -0.478 e. The monoisotopic (exact) mass is 409 g/mol. The van der Waals surface area contributed by atoms with Gasteiger partial charge in [0, 0.05) is 11.4 Å². The first-order chi connectivity index (χ1) is 11.1. The molecule has 0 radical (unpaired) electrons. The van der Waals surface area contributed by atoms with E-state index in [4.69, 9.17) is 14.2 Å². The first kappa shape index (κ1) is 19.4. The summed E-state index contributed by atoms with van der Waals surface area (Å²) in [5, 5.41) is 0. The van der Waals surface area contributed by atoms with Gasteiger partial charge in [0.15, 0.2) is 14.9 Å². The van der Waals surface area contributed by atoms with E-state index in [9.17, 15) is 0 Å². The molecule has 0 fully saturated rings. The molecule has 0 spiro atoms. The lowest BCUT2D eigenvalue weighted by Gasteiger charge is -2.41. The molecule has 24 heavy (non-hydrogen) atoms. The summed E-state index contributed by atoms with van der Waals surface area (Å²) in [6, 6.07) is 8.27. The third kappa shape index (κ3) is 4.80. The molecule has 1 aromatic carbocycles. The van der Waals surface area contributed by atoms with Crippen molar-refractivity contribution in [1.82, 2.24) is 0 Å². The van der Waals surface area contributed by atoms with Gasteiger partial charge in [0.25, 0.3) is 0 Å². The molecule has 1 aliphatic heterocycles. The van der Waals surface area contributed by atoms with Gasteiger partial charge in [0.2, 0.25) is 0 Å². The van der Waals surface area contributed by atoms with Crippen molar-refractivity contribution >= 4 is 36.9 Å². The van der Waals surface area contributed by atoms with E-state index in [-0.39, 0.29) is 11.5 Å². The van der Waals surface area contributed by atoms with Crippen molar-refractivity contribution in [2.24, 2.45) is 10.4 Å². The van der Waals surface area contributed by atoms with Crippen molar-refractivity contribution in [3.8, 4) is 0 Å². The van der Waals surface area contributed by atoms with Crippen LogP contribution in [0.4, 0.5) is 0 Å². The normalized spacial score (nSPS) is 22.8. The Morgan fingerprint density at radius 3 is 2.38 bits per heavy atom. The molecule has 0 saturated heterocycles. The molecular weight excluding hydrogens is 382 g/mol. The zero-order valence-electron chi connectivity index (χ0n) is 15.5. The van der Waals surface area contributed by atoms with Crippen LogP contribution in [0.3, 0.4) is 0 Å². The third-order valence-corrected chi connectivity index (χ3v) is 5.31. The van der Waals surface area contributed by atoms with Crippen LogP contribution in [0.1, 0.15) is 33.3 Å². The van der Waals surface area contributed by atoms with Gasteiger partial charge in [-0.15, -0.1) is 0 Å². The van der Waals surface area contributed by atoms with Gasteiger partial charge in [0.05, 0.1) is 6.10 Å². The molecular formula is C19H28BrNO2Si. The van der Waals surface area contributed by atoms with Gasteiger partial charge in [-0.3, -0.25) is 0 Å². The highest BCUT2D eigenvalue weighted by Gasteiger charge is 2.47. The second-order valence-corrected chi connectivity index (χ2v) is 11.0. The zero-order chi connectivity index (χ0) is 18.0. The Bertz CT molecular complexity index is 619. The summed E-state index contributed by atoms with van der Waals surface area (Å²) in [4.78, 5) is 4.87. The van der Waals surface area contributed by atoms with Crippen LogP contribution in [-0.4, -0.2) is 33.2 Å². The Labute approximate surface area is 156 Å². The average molecular weight is 410 g/mol. The van der Waals surface area contributed by atoms with Crippen LogP contribution in [-0.2, 0) is 9.16 Å². The standard InChI is InChI=1S/C19H28BrNO2Si/c1-14-21-19(13-22-14,17(18(2,3)4)23-24(5)6)12-11-15-7-9-16(20)10-8-15/h7-12,17,24H,13H2,1-6H3. The molecule has 1 aliphatic rings. The van der Waals surface area contributed by atoms with Crippen molar-refractivity contribution in [2.75, 3.05) is 6.61 Å². The van der Waals surface area contributed by atoms with E-state index in [0.717, 1.165) is 15.9 Å². The molecule has 132 valence electrons. The highest BCUT2D eigenvalue weighted by Crippen LogP contribution is 2.38. The minimum absolute atomic E-state index is 0.0131. The zero-order valence-corrected chi connectivity index (χ0v) is 18.2.